The van der Waals surface area contributed by atoms with E-state index in [1.165, 1.54) is 16.7 Å². The van der Waals surface area contributed by atoms with E-state index in [-0.39, 0.29) is 5.41 Å². The van der Waals surface area contributed by atoms with Gasteiger partial charge < -0.3 is 5.73 Å². The molecule has 0 bridgehead atoms. The Labute approximate surface area is 133 Å². The Morgan fingerprint density at radius 3 is 2.77 bits per heavy atom. The van der Waals surface area contributed by atoms with Crippen molar-refractivity contribution in [2.24, 2.45) is 11.1 Å². The molecule has 3 rings (SSSR count). The number of likely N-dealkylation sites (tertiary alicyclic amines) is 1. The van der Waals surface area contributed by atoms with E-state index in [0.717, 1.165) is 26.1 Å². The SMILES string of the molecule is CC1(C)CN(Cc2cccc(-c3cccnc3)c2)CCC1N. The van der Waals surface area contributed by atoms with E-state index in [4.69, 9.17) is 5.73 Å². The Bertz CT molecular complexity index is 622. The zero-order valence-corrected chi connectivity index (χ0v) is 13.5. The van der Waals surface area contributed by atoms with Gasteiger partial charge in [-0.25, -0.2) is 0 Å². The van der Waals surface area contributed by atoms with Gasteiger partial charge in [0.1, 0.15) is 0 Å². The first-order valence-corrected chi connectivity index (χ1v) is 8.02. The summed E-state index contributed by atoms with van der Waals surface area (Å²) in [6.07, 6.45) is 4.81. The van der Waals surface area contributed by atoms with Crippen LogP contribution >= 0.6 is 0 Å². The Balaban J connectivity index is 1.74. The highest BCUT2D eigenvalue weighted by atomic mass is 15.1. The first-order chi connectivity index (χ1) is 10.5. The van der Waals surface area contributed by atoms with Gasteiger partial charge in [-0.15, -0.1) is 0 Å². The monoisotopic (exact) mass is 295 g/mol. The summed E-state index contributed by atoms with van der Waals surface area (Å²) in [6, 6.07) is 13.2. The van der Waals surface area contributed by atoms with Gasteiger partial charge in [-0.2, -0.15) is 0 Å². The molecule has 116 valence electrons. The largest absolute Gasteiger partial charge is 0.327 e. The van der Waals surface area contributed by atoms with Crippen LogP contribution < -0.4 is 5.73 Å². The molecule has 3 heteroatoms. The summed E-state index contributed by atoms with van der Waals surface area (Å²) < 4.78 is 0. The molecule has 1 unspecified atom stereocenters. The van der Waals surface area contributed by atoms with Crippen molar-refractivity contribution in [3.05, 3.63) is 54.4 Å². The maximum absolute atomic E-state index is 6.23. The number of hydrogen-bond donors (Lipinski definition) is 1. The summed E-state index contributed by atoms with van der Waals surface area (Å²) in [5.74, 6) is 0. The summed E-state index contributed by atoms with van der Waals surface area (Å²) in [5, 5.41) is 0. The number of pyridine rings is 1. The summed E-state index contributed by atoms with van der Waals surface area (Å²) in [4.78, 5) is 6.73. The molecule has 1 aliphatic rings. The van der Waals surface area contributed by atoms with Crippen LogP contribution in [0, 0.1) is 5.41 Å². The minimum absolute atomic E-state index is 0.194. The molecule has 0 saturated carbocycles. The molecule has 0 radical (unpaired) electrons. The van der Waals surface area contributed by atoms with Crippen molar-refractivity contribution in [1.29, 1.82) is 0 Å². The molecule has 1 fully saturated rings. The Morgan fingerprint density at radius 1 is 1.23 bits per heavy atom. The number of hydrogen-bond acceptors (Lipinski definition) is 3. The third-order valence-corrected chi connectivity index (χ3v) is 4.72. The van der Waals surface area contributed by atoms with Crippen LogP contribution in [0.2, 0.25) is 0 Å². The zero-order valence-electron chi connectivity index (χ0n) is 13.5. The quantitative estimate of drug-likeness (QED) is 0.944. The van der Waals surface area contributed by atoms with Crippen LogP contribution in [0.25, 0.3) is 11.1 Å². The molecule has 1 aliphatic heterocycles. The van der Waals surface area contributed by atoms with Crippen molar-refractivity contribution in [3.63, 3.8) is 0 Å². The molecule has 0 aliphatic carbocycles. The number of piperidine rings is 1. The molecular weight excluding hydrogens is 270 g/mol. The lowest BCUT2D eigenvalue weighted by Crippen LogP contribution is -2.52. The number of nitrogens with zero attached hydrogens (tertiary/aromatic N) is 2. The van der Waals surface area contributed by atoms with E-state index in [2.05, 4.69) is 54.1 Å². The Kier molecular flexibility index (Phi) is 4.27. The van der Waals surface area contributed by atoms with Crippen molar-refractivity contribution in [2.75, 3.05) is 13.1 Å². The van der Waals surface area contributed by atoms with Crippen LogP contribution in [0.15, 0.2) is 48.8 Å². The minimum atomic E-state index is 0.194. The Hall–Kier alpha value is -1.71. The van der Waals surface area contributed by atoms with Crippen LogP contribution in [-0.4, -0.2) is 29.0 Å². The fourth-order valence-electron chi connectivity index (χ4n) is 3.26. The summed E-state index contributed by atoms with van der Waals surface area (Å²) >= 11 is 0. The van der Waals surface area contributed by atoms with E-state index in [0.29, 0.717) is 6.04 Å². The van der Waals surface area contributed by atoms with Gasteiger partial charge in [0.05, 0.1) is 0 Å². The van der Waals surface area contributed by atoms with Crippen molar-refractivity contribution >= 4 is 0 Å². The van der Waals surface area contributed by atoms with Crippen molar-refractivity contribution in [2.45, 2.75) is 32.9 Å². The van der Waals surface area contributed by atoms with Gasteiger partial charge in [0.25, 0.3) is 0 Å². The molecule has 22 heavy (non-hydrogen) atoms. The van der Waals surface area contributed by atoms with Crippen LogP contribution in [0.5, 0.6) is 0 Å². The normalized spacial score (nSPS) is 21.7. The van der Waals surface area contributed by atoms with E-state index in [9.17, 15) is 0 Å². The van der Waals surface area contributed by atoms with E-state index < -0.39 is 0 Å². The van der Waals surface area contributed by atoms with Gasteiger partial charge in [-0.05, 0) is 40.7 Å². The summed E-state index contributed by atoms with van der Waals surface area (Å²) in [7, 11) is 0. The van der Waals surface area contributed by atoms with Gasteiger partial charge in [0.2, 0.25) is 0 Å². The lowest BCUT2D eigenvalue weighted by Gasteiger charge is -2.42. The molecule has 1 saturated heterocycles. The molecule has 1 atom stereocenters. The van der Waals surface area contributed by atoms with Crippen LogP contribution in [0.4, 0.5) is 0 Å². The number of benzene rings is 1. The van der Waals surface area contributed by atoms with E-state index in [1.54, 1.807) is 0 Å². The highest BCUT2D eigenvalue weighted by Gasteiger charge is 2.33. The van der Waals surface area contributed by atoms with Crippen molar-refractivity contribution in [3.8, 4) is 11.1 Å². The fourth-order valence-corrected chi connectivity index (χ4v) is 3.26. The number of nitrogens with two attached hydrogens (primary N) is 1. The molecule has 2 N–H and O–H groups in total. The smallest absolute Gasteiger partial charge is 0.0346 e. The maximum Gasteiger partial charge on any atom is 0.0346 e. The zero-order chi connectivity index (χ0) is 15.6. The highest BCUT2D eigenvalue weighted by molar-refractivity contribution is 5.62. The second kappa shape index (κ2) is 6.19. The fraction of sp³-hybridized carbons (Fsp3) is 0.421. The number of rotatable bonds is 3. The first-order valence-electron chi connectivity index (χ1n) is 8.02. The van der Waals surface area contributed by atoms with Crippen LogP contribution in [-0.2, 0) is 6.54 Å². The van der Waals surface area contributed by atoms with Crippen LogP contribution in [0.3, 0.4) is 0 Å². The van der Waals surface area contributed by atoms with Gasteiger partial charge >= 0.3 is 0 Å². The third-order valence-electron chi connectivity index (χ3n) is 4.72. The second-order valence-corrected chi connectivity index (χ2v) is 7.04. The lowest BCUT2D eigenvalue weighted by molar-refractivity contribution is 0.0899. The van der Waals surface area contributed by atoms with Crippen LogP contribution in [0.1, 0.15) is 25.8 Å². The standard InChI is InChI=1S/C19H25N3/c1-19(2)14-22(10-8-18(19)20)13-15-5-3-6-16(11-15)17-7-4-9-21-12-17/h3-7,9,11-12,18H,8,10,13-14,20H2,1-2H3. The summed E-state index contributed by atoms with van der Waals surface area (Å²) in [6.45, 7) is 7.68. The third kappa shape index (κ3) is 3.37. The van der Waals surface area contributed by atoms with Crippen molar-refractivity contribution in [1.82, 2.24) is 9.88 Å². The molecule has 1 aromatic carbocycles. The second-order valence-electron chi connectivity index (χ2n) is 7.04. The molecule has 0 spiro atoms. The minimum Gasteiger partial charge on any atom is -0.327 e. The van der Waals surface area contributed by atoms with Crippen molar-refractivity contribution < 1.29 is 0 Å². The maximum atomic E-state index is 6.23. The predicted molar refractivity (Wildman–Crippen MR) is 91.3 cm³/mol. The van der Waals surface area contributed by atoms with Gasteiger partial charge in [-0.1, -0.05) is 38.1 Å². The number of aromatic nitrogens is 1. The molecule has 3 nitrogen and oxygen atoms in total. The molecule has 2 aromatic rings. The average molecular weight is 295 g/mol. The van der Waals surface area contributed by atoms with E-state index >= 15 is 0 Å². The predicted octanol–water partition coefficient (Wildman–Crippen LogP) is 3.31. The van der Waals surface area contributed by atoms with E-state index in [1.807, 2.05) is 18.5 Å². The van der Waals surface area contributed by atoms with Gasteiger partial charge in [-0.3, -0.25) is 9.88 Å². The molecule has 1 aromatic heterocycles. The highest BCUT2D eigenvalue weighted by Crippen LogP contribution is 2.29. The molecule has 2 heterocycles. The molecular formula is C19H25N3. The van der Waals surface area contributed by atoms with Gasteiger partial charge in [0.15, 0.2) is 0 Å². The molecule has 0 amide bonds. The lowest BCUT2D eigenvalue weighted by atomic mass is 9.79. The van der Waals surface area contributed by atoms with Gasteiger partial charge in [0, 0.05) is 38.1 Å². The Morgan fingerprint density at radius 2 is 2.05 bits per heavy atom. The first kappa shape index (κ1) is 15.2. The summed E-state index contributed by atoms with van der Waals surface area (Å²) in [5.41, 5.74) is 10.2. The average Bonchev–Trinajstić information content (AvgIpc) is 2.52. The topological polar surface area (TPSA) is 42.2 Å².